The number of amides is 2. The molecule has 1 aromatic rings. The number of fused-ring (bicyclic) bond motifs is 1. The number of carbonyl (C=O) groups is 3. The van der Waals surface area contributed by atoms with Crippen molar-refractivity contribution in [2.24, 2.45) is 0 Å². The fourth-order valence-electron chi connectivity index (χ4n) is 2.99. The molecule has 1 saturated heterocycles. The van der Waals surface area contributed by atoms with E-state index in [1.165, 1.54) is 18.1 Å². The van der Waals surface area contributed by atoms with Crippen LogP contribution in [0.1, 0.15) is 37.3 Å². The van der Waals surface area contributed by atoms with E-state index >= 15 is 0 Å². The van der Waals surface area contributed by atoms with E-state index in [4.69, 9.17) is 4.74 Å². The van der Waals surface area contributed by atoms with Crippen LogP contribution in [0.4, 0.5) is 5.69 Å². The summed E-state index contributed by atoms with van der Waals surface area (Å²) in [7, 11) is 0. The van der Waals surface area contributed by atoms with E-state index in [0.29, 0.717) is 18.5 Å². The molecule has 1 fully saturated rings. The average molecular weight is 316 g/mol. The molecule has 0 radical (unpaired) electrons. The van der Waals surface area contributed by atoms with E-state index in [-0.39, 0.29) is 11.8 Å². The molecule has 3 rings (SSSR count). The standard InChI is InChI=1S/C17H20N2O4/c1-10(23-17(22)14-7-8-15(20)19-14)16(21)18-13-6-5-11-3-2-4-12(11)9-13/h5-6,9-10,14H,2-4,7-8H2,1H3,(H,18,21)(H,19,20)/t10-,14-/m1/s1. The number of esters is 1. The molecule has 23 heavy (non-hydrogen) atoms. The highest BCUT2D eigenvalue weighted by Gasteiger charge is 2.30. The lowest BCUT2D eigenvalue weighted by Crippen LogP contribution is -2.39. The van der Waals surface area contributed by atoms with Gasteiger partial charge in [0, 0.05) is 12.1 Å². The maximum absolute atomic E-state index is 12.2. The van der Waals surface area contributed by atoms with Crippen LogP contribution in [0.2, 0.25) is 0 Å². The lowest BCUT2D eigenvalue weighted by atomic mass is 10.1. The molecule has 6 heteroatoms. The summed E-state index contributed by atoms with van der Waals surface area (Å²) in [6.07, 6.45) is 3.09. The van der Waals surface area contributed by atoms with Gasteiger partial charge in [0.05, 0.1) is 0 Å². The molecule has 0 spiro atoms. The number of hydrogen-bond acceptors (Lipinski definition) is 4. The molecular formula is C17H20N2O4. The molecule has 2 atom stereocenters. The van der Waals surface area contributed by atoms with E-state index < -0.39 is 18.1 Å². The van der Waals surface area contributed by atoms with Gasteiger partial charge in [0.1, 0.15) is 6.04 Å². The zero-order valence-corrected chi connectivity index (χ0v) is 13.1. The number of anilines is 1. The summed E-state index contributed by atoms with van der Waals surface area (Å²) in [6.45, 7) is 1.53. The van der Waals surface area contributed by atoms with Crippen molar-refractivity contribution in [3.05, 3.63) is 29.3 Å². The van der Waals surface area contributed by atoms with E-state index in [1.807, 2.05) is 18.2 Å². The number of rotatable bonds is 4. The second-order valence-electron chi connectivity index (χ2n) is 6.06. The van der Waals surface area contributed by atoms with Crippen molar-refractivity contribution in [3.8, 4) is 0 Å². The van der Waals surface area contributed by atoms with Gasteiger partial charge in [-0.15, -0.1) is 0 Å². The third kappa shape index (κ3) is 3.52. The number of nitrogens with one attached hydrogen (secondary N) is 2. The van der Waals surface area contributed by atoms with Crippen LogP contribution in [-0.2, 0) is 32.0 Å². The molecule has 0 unspecified atom stereocenters. The number of benzene rings is 1. The second kappa shape index (κ2) is 6.40. The van der Waals surface area contributed by atoms with Crippen molar-refractivity contribution in [3.63, 3.8) is 0 Å². The van der Waals surface area contributed by atoms with Gasteiger partial charge in [-0.3, -0.25) is 9.59 Å². The first-order valence-corrected chi connectivity index (χ1v) is 7.95. The van der Waals surface area contributed by atoms with Crippen molar-refractivity contribution in [1.29, 1.82) is 0 Å². The summed E-state index contributed by atoms with van der Waals surface area (Å²) in [5, 5.41) is 5.30. The topological polar surface area (TPSA) is 84.5 Å². The fraction of sp³-hybridized carbons (Fsp3) is 0.471. The number of hydrogen-bond donors (Lipinski definition) is 2. The molecule has 122 valence electrons. The van der Waals surface area contributed by atoms with Crippen LogP contribution in [0.25, 0.3) is 0 Å². The first-order valence-electron chi connectivity index (χ1n) is 7.95. The SMILES string of the molecule is C[C@@H](OC(=O)[C@H]1CCC(=O)N1)C(=O)Nc1ccc2c(c1)CCC2. The molecular weight excluding hydrogens is 296 g/mol. The molecule has 1 aliphatic carbocycles. The average Bonchev–Trinajstić information content (AvgIpc) is 3.15. The predicted octanol–water partition coefficient (Wildman–Crippen LogP) is 1.32. The van der Waals surface area contributed by atoms with Gasteiger partial charge in [-0.05, 0) is 55.9 Å². The Kier molecular flexibility index (Phi) is 4.32. The molecule has 2 amide bonds. The van der Waals surface area contributed by atoms with Gasteiger partial charge in [0.25, 0.3) is 5.91 Å². The number of ether oxygens (including phenoxy) is 1. The van der Waals surface area contributed by atoms with Crippen molar-refractivity contribution in [2.75, 3.05) is 5.32 Å². The van der Waals surface area contributed by atoms with Crippen LogP contribution >= 0.6 is 0 Å². The van der Waals surface area contributed by atoms with Crippen molar-refractivity contribution in [2.45, 2.75) is 51.2 Å². The molecule has 0 saturated carbocycles. The fourth-order valence-corrected chi connectivity index (χ4v) is 2.99. The van der Waals surface area contributed by atoms with Gasteiger partial charge >= 0.3 is 5.97 Å². The lowest BCUT2D eigenvalue weighted by molar-refractivity contribution is -0.155. The highest BCUT2D eigenvalue weighted by molar-refractivity contribution is 5.96. The van der Waals surface area contributed by atoms with E-state index in [0.717, 1.165) is 19.3 Å². The smallest absolute Gasteiger partial charge is 0.329 e. The second-order valence-corrected chi connectivity index (χ2v) is 6.06. The van der Waals surface area contributed by atoms with E-state index in [2.05, 4.69) is 10.6 Å². The van der Waals surface area contributed by atoms with Gasteiger partial charge in [-0.2, -0.15) is 0 Å². The first kappa shape index (κ1) is 15.5. The Bertz CT molecular complexity index is 656. The summed E-state index contributed by atoms with van der Waals surface area (Å²) < 4.78 is 5.14. The lowest BCUT2D eigenvalue weighted by Gasteiger charge is -2.16. The third-order valence-electron chi connectivity index (χ3n) is 4.31. The highest BCUT2D eigenvalue weighted by Crippen LogP contribution is 2.25. The molecule has 0 bridgehead atoms. The maximum atomic E-state index is 12.2. The number of carbonyl (C=O) groups excluding carboxylic acids is 3. The summed E-state index contributed by atoms with van der Waals surface area (Å²) in [5.41, 5.74) is 3.31. The van der Waals surface area contributed by atoms with Crippen LogP contribution < -0.4 is 10.6 Å². The van der Waals surface area contributed by atoms with Crippen LogP contribution in [0, 0.1) is 0 Å². The van der Waals surface area contributed by atoms with E-state index in [1.54, 1.807) is 0 Å². The third-order valence-corrected chi connectivity index (χ3v) is 4.31. The highest BCUT2D eigenvalue weighted by atomic mass is 16.5. The minimum Gasteiger partial charge on any atom is -0.451 e. The Morgan fingerprint density at radius 3 is 2.78 bits per heavy atom. The van der Waals surface area contributed by atoms with Gasteiger partial charge < -0.3 is 15.4 Å². The molecule has 1 aromatic carbocycles. The van der Waals surface area contributed by atoms with Crippen LogP contribution in [0.3, 0.4) is 0 Å². The summed E-state index contributed by atoms with van der Waals surface area (Å²) in [4.78, 5) is 35.2. The monoisotopic (exact) mass is 316 g/mol. The molecule has 1 heterocycles. The molecule has 1 aliphatic heterocycles. The Morgan fingerprint density at radius 2 is 2.04 bits per heavy atom. The van der Waals surface area contributed by atoms with Crippen LogP contribution in [-0.4, -0.2) is 29.9 Å². The van der Waals surface area contributed by atoms with Gasteiger partial charge in [-0.25, -0.2) is 4.79 Å². The van der Waals surface area contributed by atoms with Crippen molar-refractivity contribution in [1.82, 2.24) is 5.32 Å². The first-order chi connectivity index (χ1) is 11.0. The van der Waals surface area contributed by atoms with Crippen molar-refractivity contribution < 1.29 is 19.1 Å². The zero-order chi connectivity index (χ0) is 16.4. The van der Waals surface area contributed by atoms with Gasteiger partial charge in [0.2, 0.25) is 5.91 Å². The summed E-state index contributed by atoms with van der Waals surface area (Å²) in [5.74, 6) is -1.10. The van der Waals surface area contributed by atoms with Crippen molar-refractivity contribution >= 4 is 23.5 Å². The van der Waals surface area contributed by atoms with Crippen LogP contribution in [0.15, 0.2) is 18.2 Å². The van der Waals surface area contributed by atoms with Gasteiger partial charge in [0.15, 0.2) is 6.10 Å². The van der Waals surface area contributed by atoms with Crippen LogP contribution in [0.5, 0.6) is 0 Å². The predicted molar refractivity (Wildman–Crippen MR) is 83.8 cm³/mol. The van der Waals surface area contributed by atoms with Gasteiger partial charge in [-0.1, -0.05) is 6.07 Å². The Labute approximate surface area is 134 Å². The molecule has 2 N–H and O–H groups in total. The molecule has 2 aliphatic rings. The Morgan fingerprint density at radius 1 is 1.26 bits per heavy atom. The Hall–Kier alpha value is -2.37. The summed E-state index contributed by atoms with van der Waals surface area (Å²) >= 11 is 0. The minimum atomic E-state index is -0.909. The Balaban J connectivity index is 1.55. The quantitative estimate of drug-likeness (QED) is 0.821. The summed E-state index contributed by atoms with van der Waals surface area (Å²) in [6, 6.07) is 5.24. The molecule has 6 nitrogen and oxygen atoms in total. The zero-order valence-electron chi connectivity index (χ0n) is 13.1. The van der Waals surface area contributed by atoms with E-state index in [9.17, 15) is 14.4 Å². The number of aryl methyl sites for hydroxylation is 2. The maximum Gasteiger partial charge on any atom is 0.329 e. The largest absolute Gasteiger partial charge is 0.451 e. The molecule has 0 aromatic heterocycles. The normalized spacial score (nSPS) is 20.6. The minimum absolute atomic E-state index is 0.165.